The molecular formula is C24H25FO4. The van der Waals surface area contributed by atoms with E-state index in [1.165, 1.54) is 0 Å². The van der Waals surface area contributed by atoms with E-state index in [1.54, 1.807) is 6.92 Å². The van der Waals surface area contributed by atoms with E-state index in [4.69, 9.17) is 9.47 Å². The molecule has 0 amide bonds. The number of hydrogen-bond donors (Lipinski definition) is 0. The maximum atomic E-state index is 13.9. The van der Waals surface area contributed by atoms with E-state index >= 15 is 0 Å². The van der Waals surface area contributed by atoms with Crippen LogP contribution in [0.2, 0.25) is 0 Å². The lowest BCUT2D eigenvalue weighted by Gasteiger charge is -2.09. The first kappa shape index (κ1) is 20.8. The molecule has 3 rings (SSSR count). The van der Waals surface area contributed by atoms with E-state index in [-0.39, 0.29) is 25.3 Å². The number of benzene rings is 2. The second-order valence-corrected chi connectivity index (χ2v) is 7.71. The average molecular weight is 396 g/mol. The van der Waals surface area contributed by atoms with Gasteiger partial charge in [0.25, 0.3) is 0 Å². The zero-order chi connectivity index (χ0) is 21.0. The van der Waals surface area contributed by atoms with Crippen LogP contribution in [0, 0.1) is 17.3 Å². The third-order valence-electron chi connectivity index (χ3n) is 5.42. The van der Waals surface area contributed by atoms with Gasteiger partial charge in [-0.15, -0.1) is 0 Å². The number of esters is 1. The van der Waals surface area contributed by atoms with Crippen LogP contribution >= 0.6 is 0 Å². The Hall–Kier alpha value is -2.95. The average Bonchev–Trinajstić information content (AvgIpc) is 3.32. The first-order chi connectivity index (χ1) is 13.9. The van der Waals surface area contributed by atoms with E-state index in [9.17, 15) is 14.0 Å². The van der Waals surface area contributed by atoms with Gasteiger partial charge in [-0.25, -0.2) is 0 Å². The van der Waals surface area contributed by atoms with Crippen LogP contribution < -0.4 is 0 Å². The quantitative estimate of drug-likeness (QED) is 0.270. The molecule has 0 N–H and O–H groups in total. The van der Waals surface area contributed by atoms with Crippen LogP contribution in [0.25, 0.3) is 11.1 Å². The highest BCUT2D eigenvalue weighted by molar-refractivity contribution is 5.80. The predicted octanol–water partition coefficient (Wildman–Crippen LogP) is 5.09. The maximum Gasteiger partial charge on any atom is 0.310 e. The zero-order valence-corrected chi connectivity index (χ0v) is 16.9. The van der Waals surface area contributed by atoms with Gasteiger partial charge in [-0.3, -0.25) is 9.59 Å². The van der Waals surface area contributed by atoms with E-state index in [1.807, 2.05) is 68.4 Å². The zero-order valence-electron chi connectivity index (χ0n) is 16.9. The van der Waals surface area contributed by atoms with Crippen molar-refractivity contribution >= 4 is 12.3 Å². The number of carbonyl (C=O) groups excluding carboxylic acids is 2. The molecule has 0 radical (unpaired) electrons. The van der Waals surface area contributed by atoms with Gasteiger partial charge in [-0.1, -0.05) is 62.4 Å². The minimum absolute atomic E-state index is 0.0551. The van der Waals surface area contributed by atoms with Gasteiger partial charge in [-0.05, 0) is 35.1 Å². The minimum atomic E-state index is -0.962. The first-order valence-electron chi connectivity index (χ1n) is 9.68. The number of halogens is 1. The van der Waals surface area contributed by atoms with Crippen molar-refractivity contribution in [3.63, 3.8) is 0 Å². The van der Waals surface area contributed by atoms with Gasteiger partial charge >= 0.3 is 5.97 Å². The topological polar surface area (TPSA) is 52.6 Å². The summed E-state index contributed by atoms with van der Waals surface area (Å²) < 4.78 is 24.8. The van der Waals surface area contributed by atoms with Gasteiger partial charge in [0, 0.05) is 5.92 Å². The molecule has 0 unspecified atom stereocenters. The third kappa shape index (κ3) is 4.39. The van der Waals surface area contributed by atoms with Crippen LogP contribution in [-0.2, 0) is 25.7 Å². The van der Waals surface area contributed by atoms with Crippen LogP contribution in [0.15, 0.2) is 66.2 Å². The Morgan fingerprint density at radius 3 is 2.38 bits per heavy atom. The number of aldehydes is 1. The lowest BCUT2D eigenvalue weighted by atomic mass is 10.0. The Kier molecular flexibility index (Phi) is 6.16. The molecule has 1 aliphatic carbocycles. The third-order valence-corrected chi connectivity index (χ3v) is 5.42. The summed E-state index contributed by atoms with van der Waals surface area (Å²) >= 11 is 0. The second-order valence-electron chi connectivity index (χ2n) is 7.71. The van der Waals surface area contributed by atoms with Gasteiger partial charge in [-0.2, -0.15) is 4.39 Å². The normalized spacial score (nSPS) is 20.4. The van der Waals surface area contributed by atoms with Crippen LogP contribution in [-0.4, -0.2) is 18.9 Å². The van der Waals surface area contributed by atoms with Gasteiger partial charge in [0.15, 0.2) is 6.29 Å². The Bertz CT molecular complexity index is 917. The summed E-state index contributed by atoms with van der Waals surface area (Å²) in [7, 11) is 0. The number of rotatable bonds is 8. The SMILES string of the molecule is CCO/C(=C(/F)C=O)[C@@H]1[C@@H](C(=O)OCc2cccc(-c3ccccc3)c2)C1(C)C. The van der Waals surface area contributed by atoms with Gasteiger partial charge in [0.05, 0.1) is 12.5 Å². The Labute approximate surface area is 170 Å². The molecule has 1 fully saturated rings. The lowest BCUT2D eigenvalue weighted by Crippen LogP contribution is -2.11. The number of ether oxygens (including phenoxy) is 2. The molecule has 2 aromatic rings. The fraction of sp³-hybridized carbons (Fsp3) is 0.333. The van der Waals surface area contributed by atoms with E-state index in [0.29, 0.717) is 0 Å². The molecule has 0 spiro atoms. The molecule has 1 saturated carbocycles. The molecule has 29 heavy (non-hydrogen) atoms. The van der Waals surface area contributed by atoms with Crippen molar-refractivity contribution in [3.05, 3.63) is 71.7 Å². The van der Waals surface area contributed by atoms with Crippen LogP contribution in [0.4, 0.5) is 4.39 Å². The van der Waals surface area contributed by atoms with Gasteiger partial charge in [0.1, 0.15) is 12.4 Å². The van der Waals surface area contributed by atoms with Crippen molar-refractivity contribution in [2.45, 2.75) is 27.4 Å². The smallest absolute Gasteiger partial charge is 0.310 e. The molecule has 0 aliphatic heterocycles. The lowest BCUT2D eigenvalue weighted by molar-refractivity contribution is -0.147. The van der Waals surface area contributed by atoms with Gasteiger partial charge < -0.3 is 9.47 Å². The van der Waals surface area contributed by atoms with E-state index in [2.05, 4.69) is 0 Å². The summed E-state index contributed by atoms with van der Waals surface area (Å²) in [5, 5.41) is 0. The molecule has 0 aromatic heterocycles. The summed E-state index contributed by atoms with van der Waals surface area (Å²) in [5.41, 5.74) is 2.46. The Morgan fingerprint density at radius 2 is 1.72 bits per heavy atom. The number of hydrogen-bond acceptors (Lipinski definition) is 4. The summed E-state index contributed by atoms with van der Waals surface area (Å²) in [6.07, 6.45) is 0.122. The summed E-state index contributed by atoms with van der Waals surface area (Å²) in [6.45, 7) is 5.74. The van der Waals surface area contributed by atoms with Crippen molar-refractivity contribution < 1.29 is 23.5 Å². The molecule has 0 saturated heterocycles. The van der Waals surface area contributed by atoms with Gasteiger partial charge in [0.2, 0.25) is 5.83 Å². The molecule has 152 valence electrons. The highest BCUT2D eigenvalue weighted by atomic mass is 19.1. The molecule has 0 heterocycles. The molecular weight excluding hydrogens is 371 g/mol. The predicted molar refractivity (Wildman–Crippen MR) is 108 cm³/mol. The highest BCUT2D eigenvalue weighted by Gasteiger charge is 2.66. The Morgan fingerprint density at radius 1 is 1.03 bits per heavy atom. The van der Waals surface area contributed by atoms with Crippen molar-refractivity contribution in [1.82, 2.24) is 0 Å². The molecule has 2 atom stereocenters. The van der Waals surface area contributed by atoms with Crippen molar-refractivity contribution in [2.24, 2.45) is 17.3 Å². The van der Waals surface area contributed by atoms with Crippen molar-refractivity contribution in [1.29, 1.82) is 0 Å². The van der Waals surface area contributed by atoms with Crippen LogP contribution in [0.5, 0.6) is 0 Å². The summed E-state index contributed by atoms with van der Waals surface area (Å²) in [5.74, 6) is -2.49. The molecule has 0 bridgehead atoms. The van der Waals surface area contributed by atoms with Crippen LogP contribution in [0.3, 0.4) is 0 Å². The molecule has 5 heteroatoms. The fourth-order valence-corrected chi connectivity index (χ4v) is 3.80. The molecule has 1 aliphatic rings. The monoisotopic (exact) mass is 396 g/mol. The first-order valence-corrected chi connectivity index (χ1v) is 9.68. The van der Waals surface area contributed by atoms with Crippen LogP contribution in [0.1, 0.15) is 26.3 Å². The minimum Gasteiger partial charge on any atom is -0.495 e. The number of carbonyl (C=O) groups is 2. The van der Waals surface area contributed by atoms with E-state index in [0.717, 1.165) is 16.7 Å². The molecule has 2 aromatic carbocycles. The Balaban J connectivity index is 1.69. The van der Waals surface area contributed by atoms with Crippen molar-refractivity contribution in [3.8, 4) is 11.1 Å². The fourth-order valence-electron chi connectivity index (χ4n) is 3.80. The maximum absolute atomic E-state index is 13.9. The largest absolute Gasteiger partial charge is 0.495 e. The standard InChI is InChI=1S/C24H25FO4/c1-4-28-22(19(25)14-26)20-21(24(20,2)3)23(27)29-15-16-9-8-12-18(13-16)17-10-6-5-7-11-17/h5-14,20-21H,4,15H2,1-3H3/b22-19+/t20-,21-/m0/s1. The summed E-state index contributed by atoms with van der Waals surface area (Å²) in [4.78, 5) is 23.5. The second kappa shape index (κ2) is 8.60. The van der Waals surface area contributed by atoms with E-state index < -0.39 is 29.0 Å². The highest BCUT2D eigenvalue weighted by Crippen LogP contribution is 2.62. The van der Waals surface area contributed by atoms with Crippen molar-refractivity contribution in [2.75, 3.05) is 6.61 Å². The number of allylic oxidation sites excluding steroid dienone is 2. The summed E-state index contributed by atoms with van der Waals surface area (Å²) in [6, 6.07) is 17.7. The molecule has 4 nitrogen and oxygen atoms in total.